The van der Waals surface area contributed by atoms with Crippen LogP contribution in [0.2, 0.25) is 0 Å². The van der Waals surface area contributed by atoms with Gasteiger partial charge in [0.05, 0.1) is 29.9 Å². The van der Waals surface area contributed by atoms with E-state index in [2.05, 4.69) is 4.74 Å². The first-order valence-corrected chi connectivity index (χ1v) is 5.28. The largest absolute Gasteiger partial charge is 0.462 e. The summed E-state index contributed by atoms with van der Waals surface area (Å²) in [4.78, 5) is 11.5. The monoisotopic (exact) mass is 273 g/mol. The fraction of sp³-hybridized carbons (Fsp3) is 0.333. The predicted octanol–water partition coefficient (Wildman–Crippen LogP) is 2.25. The highest BCUT2D eigenvalue weighted by atomic mass is 19.4. The molecule has 0 radical (unpaired) electrons. The number of carbonyl (C=O) groups excluding carboxylic acids is 1. The molecule has 0 aliphatic heterocycles. The Bertz CT molecular complexity index is 532. The summed E-state index contributed by atoms with van der Waals surface area (Å²) in [6.45, 7) is 0.708. The Balaban J connectivity index is 3.49. The Kier molecular flexibility index (Phi) is 4.51. The lowest BCUT2D eigenvalue weighted by molar-refractivity contribution is -0.137. The zero-order chi connectivity index (χ0) is 14.6. The molecule has 1 N–H and O–H groups in total. The van der Waals surface area contributed by atoms with E-state index in [1.807, 2.05) is 0 Å². The van der Waals surface area contributed by atoms with E-state index in [1.54, 1.807) is 0 Å². The van der Waals surface area contributed by atoms with Crippen LogP contribution in [0.25, 0.3) is 0 Å². The number of esters is 1. The molecule has 0 saturated carbocycles. The van der Waals surface area contributed by atoms with E-state index in [-0.39, 0.29) is 17.7 Å². The molecule has 0 atom stereocenters. The van der Waals surface area contributed by atoms with E-state index in [0.717, 1.165) is 6.07 Å². The molecule has 1 aromatic carbocycles. The van der Waals surface area contributed by atoms with Gasteiger partial charge in [-0.25, -0.2) is 4.79 Å². The van der Waals surface area contributed by atoms with Crippen LogP contribution in [-0.4, -0.2) is 17.7 Å². The number of halogens is 3. The van der Waals surface area contributed by atoms with Crippen LogP contribution in [0.5, 0.6) is 0 Å². The first-order chi connectivity index (χ1) is 8.86. The SMILES string of the molecule is CCOC(=O)c1ccc(C(F)(F)F)c(C#N)c1CO. The molecule has 0 fully saturated rings. The van der Waals surface area contributed by atoms with Crippen molar-refractivity contribution in [2.45, 2.75) is 19.7 Å². The van der Waals surface area contributed by atoms with Crippen molar-refractivity contribution in [1.82, 2.24) is 0 Å². The summed E-state index contributed by atoms with van der Waals surface area (Å²) in [6, 6.07) is 2.90. The van der Waals surface area contributed by atoms with Crippen LogP contribution in [0, 0.1) is 11.3 Å². The summed E-state index contributed by atoms with van der Waals surface area (Å²) < 4.78 is 42.7. The average Bonchev–Trinajstić information content (AvgIpc) is 2.35. The standard InChI is InChI=1S/C12H10F3NO3/c1-2-19-11(18)7-3-4-10(12(13,14)15)8(5-16)9(7)6-17/h3-4,17H,2,6H2,1H3. The van der Waals surface area contributed by atoms with Gasteiger partial charge in [0.2, 0.25) is 0 Å². The van der Waals surface area contributed by atoms with Gasteiger partial charge in [-0.05, 0) is 19.1 Å². The number of rotatable bonds is 3. The number of hydrogen-bond acceptors (Lipinski definition) is 4. The molecule has 0 heterocycles. The number of hydrogen-bond donors (Lipinski definition) is 1. The number of nitriles is 1. The molecule has 1 rings (SSSR count). The molecule has 0 aliphatic carbocycles. The van der Waals surface area contributed by atoms with Crippen molar-refractivity contribution in [2.24, 2.45) is 0 Å². The van der Waals surface area contributed by atoms with Crippen molar-refractivity contribution in [3.63, 3.8) is 0 Å². The van der Waals surface area contributed by atoms with Gasteiger partial charge in [-0.1, -0.05) is 0 Å². The van der Waals surface area contributed by atoms with E-state index < -0.39 is 29.9 Å². The minimum absolute atomic E-state index is 0.0343. The van der Waals surface area contributed by atoms with Crippen molar-refractivity contribution in [3.8, 4) is 6.07 Å². The lowest BCUT2D eigenvalue weighted by Gasteiger charge is -2.14. The zero-order valence-corrected chi connectivity index (χ0v) is 9.91. The molecule has 0 saturated heterocycles. The number of benzene rings is 1. The lowest BCUT2D eigenvalue weighted by atomic mass is 9.96. The number of carbonyl (C=O) groups is 1. The summed E-state index contributed by atoms with van der Waals surface area (Å²) >= 11 is 0. The molecule has 4 nitrogen and oxygen atoms in total. The van der Waals surface area contributed by atoms with Gasteiger partial charge in [-0.15, -0.1) is 0 Å². The van der Waals surface area contributed by atoms with E-state index >= 15 is 0 Å². The van der Waals surface area contributed by atoms with Crippen LogP contribution in [0.1, 0.15) is 34.0 Å². The van der Waals surface area contributed by atoms with Crippen molar-refractivity contribution in [1.29, 1.82) is 5.26 Å². The summed E-state index contributed by atoms with van der Waals surface area (Å²) in [7, 11) is 0. The third kappa shape index (κ3) is 3.03. The average molecular weight is 273 g/mol. The van der Waals surface area contributed by atoms with Crippen LogP contribution in [0.15, 0.2) is 12.1 Å². The molecule has 102 valence electrons. The second kappa shape index (κ2) is 5.71. The van der Waals surface area contributed by atoms with Gasteiger partial charge in [0, 0.05) is 5.56 Å². The molecular formula is C12H10F3NO3. The van der Waals surface area contributed by atoms with E-state index in [9.17, 15) is 18.0 Å². The molecule has 7 heteroatoms. The van der Waals surface area contributed by atoms with Crippen LogP contribution < -0.4 is 0 Å². The Morgan fingerprint density at radius 2 is 2.11 bits per heavy atom. The van der Waals surface area contributed by atoms with Gasteiger partial charge < -0.3 is 9.84 Å². The quantitative estimate of drug-likeness (QED) is 0.857. The van der Waals surface area contributed by atoms with Crippen molar-refractivity contribution in [3.05, 3.63) is 34.4 Å². The molecular weight excluding hydrogens is 263 g/mol. The Morgan fingerprint density at radius 3 is 2.53 bits per heavy atom. The van der Waals surface area contributed by atoms with E-state index in [4.69, 9.17) is 10.4 Å². The van der Waals surface area contributed by atoms with Crippen LogP contribution in [0.3, 0.4) is 0 Å². The van der Waals surface area contributed by atoms with Gasteiger partial charge in [-0.3, -0.25) is 0 Å². The molecule has 1 aromatic rings. The molecule has 0 bridgehead atoms. The lowest BCUT2D eigenvalue weighted by Crippen LogP contribution is -2.15. The molecule has 0 aromatic heterocycles. The van der Waals surface area contributed by atoms with Gasteiger partial charge in [0.15, 0.2) is 0 Å². The predicted molar refractivity (Wildman–Crippen MR) is 58.0 cm³/mol. The molecule has 0 aliphatic rings. The highest BCUT2D eigenvalue weighted by molar-refractivity contribution is 5.92. The maximum absolute atomic E-state index is 12.7. The fourth-order valence-electron chi connectivity index (χ4n) is 1.58. The van der Waals surface area contributed by atoms with Gasteiger partial charge >= 0.3 is 12.1 Å². The zero-order valence-electron chi connectivity index (χ0n) is 9.91. The number of alkyl halides is 3. The number of ether oxygens (including phenoxy) is 1. The van der Waals surface area contributed by atoms with Crippen molar-refractivity contribution < 1.29 is 27.8 Å². The van der Waals surface area contributed by atoms with Crippen molar-refractivity contribution in [2.75, 3.05) is 6.61 Å². The first kappa shape index (κ1) is 15.0. The third-order valence-electron chi connectivity index (χ3n) is 2.38. The van der Waals surface area contributed by atoms with Crippen molar-refractivity contribution >= 4 is 5.97 Å². The molecule has 19 heavy (non-hydrogen) atoms. The van der Waals surface area contributed by atoms with E-state index in [0.29, 0.717) is 6.07 Å². The van der Waals surface area contributed by atoms with Crippen LogP contribution in [-0.2, 0) is 17.5 Å². The summed E-state index contributed by atoms with van der Waals surface area (Å²) in [6.07, 6.45) is -4.73. The first-order valence-electron chi connectivity index (χ1n) is 5.28. The number of aliphatic hydroxyl groups excluding tert-OH is 1. The number of nitrogens with zero attached hydrogens (tertiary/aromatic N) is 1. The highest BCUT2D eigenvalue weighted by Crippen LogP contribution is 2.34. The molecule has 0 spiro atoms. The Morgan fingerprint density at radius 1 is 1.47 bits per heavy atom. The maximum Gasteiger partial charge on any atom is 0.417 e. The fourth-order valence-corrected chi connectivity index (χ4v) is 1.58. The minimum atomic E-state index is -4.73. The van der Waals surface area contributed by atoms with Crippen LogP contribution in [0.4, 0.5) is 13.2 Å². The van der Waals surface area contributed by atoms with Crippen LogP contribution >= 0.6 is 0 Å². The number of aliphatic hydroxyl groups is 1. The highest BCUT2D eigenvalue weighted by Gasteiger charge is 2.35. The molecule has 0 amide bonds. The maximum atomic E-state index is 12.7. The smallest absolute Gasteiger partial charge is 0.417 e. The van der Waals surface area contributed by atoms with Gasteiger partial charge in [-0.2, -0.15) is 18.4 Å². The minimum Gasteiger partial charge on any atom is -0.462 e. The van der Waals surface area contributed by atoms with Gasteiger partial charge in [0.1, 0.15) is 6.07 Å². The summed E-state index contributed by atoms with van der Waals surface area (Å²) in [5.41, 5.74) is -2.57. The third-order valence-corrected chi connectivity index (χ3v) is 2.38. The Labute approximate surface area is 107 Å². The second-order valence-electron chi connectivity index (χ2n) is 3.50. The topological polar surface area (TPSA) is 70.3 Å². The molecule has 0 unspecified atom stereocenters. The Hall–Kier alpha value is -2.07. The normalized spacial score (nSPS) is 10.9. The van der Waals surface area contributed by atoms with E-state index in [1.165, 1.54) is 13.0 Å². The summed E-state index contributed by atoms with van der Waals surface area (Å²) in [5.74, 6) is -0.878. The summed E-state index contributed by atoms with van der Waals surface area (Å²) in [5, 5.41) is 17.9. The van der Waals surface area contributed by atoms with Gasteiger partial charge in [0.25, 0.3) is 0 Å². The second-order valence-corrected chi connectivity index (χ2v) is 3.50.